The maximum Gasteiger partial charge on any atom is 0.300 e. The van der Waals surface area contributed by atoms with Crippen LogP contribution in [-0.2, 0) is 21.4 Å². The number of aliphatic carboxylic acids is 1. The SMILES string of the molecule is CC(=O)O.O=CCc1ccc(-c2nc3ccc(C4(c5ccccc5)CC4)nc3s2)c(F)c1. The molecule has 4 aromatic rings. The Bertz CT molecular complexity index is 1280. The highest BCUT2D eigenvalue weighted by Gasteiger charge is 2.47. The molecule has 7 heteroatoms. The summed E-state index contributed by atoms with van der Waals surface area (Å²) < 4.78 is 14.5. The third-order valence-electron chi connectivity index (χ3n) is 5.41. The van der Waals surface area contributed by atoms with E-state index < -0.39 is 5.97 Å². The Hall–Kier alpha value is -3.45. The third kappa shape index (κ3) is 4.43. The first-order chi connectivity index (χ1) is 15.4. The first kappa shape index (κ1) is 21.8. The van der Waals surface area contributed by atoms with Crippen molar-refractivity contribution in [2.45, 2.75) is 31.6 Å². The lowest BCUT2D eigenvalue weighted by Crippen LogP contribution is -2.10. The molecule has 0 atom stereocenters. The lowest BCUT2D eigenvalue weighted by molar-refractivity contribution is -0.134. The molecular weight excluding hydrogens is 427 g/mol. The predicted octanol–water partition coefficient (Wildman–Crippen LogP) is 5.41. The van der Waals surface area contributed by atoms with Crippen LogP contribution in [0.25, 0.3) is 20.9 Å². The average molecular weight is 449 g/mol. The molecule has 32 heavy (non-hydrogen) atoms. The quantitative estimate of drug-likeness (QED) is 0.413. The zero-order chi connectivity index (χ0) is 22.7. The number of hydrogen-bond donors (Lipinski definition) is 1. The van der Waals surface area contributed by atoms with Gasteiger partial charge in [0.2, 0.25) is 0 Å². The van der Waals surface area contributed by atoms with Crippen molar-refractivity contribution in [2.75, 3.05) is 0 Å². The number of rotatable bonds is 5. The summed E-state index contributed by atoms with van der Waals surface area (Å²) in [6.07, 6.45) is 3.17. The lowest BCUT2D eigenvalue weighted by atomic mass is 9.92. The zero-order valence-electron chi connectivity index (χ0n) is 17.4. The van der Waals surface area contributed by atoms with Crippen LogP contribution in [0.3, 0.4) is 0 Å². The molecule has 0 spiro atoms. The zero-order valence-corrected chi connectivity index (χ0v) is 18.2. The Balaban J connectivity index is 0.000000567. The van der Waals surface area contributed by atoms with Crippen molar-refractivity contribution in [3.63, 3.8) is 0 Å². The molecule has 2 aromatic carbocycles. The number of carbonyl (C=O) groups excluding carboxylic acids is 1. The van der Waals surface area contributed by atoms with Gasteiger partial charge in [0.25, 0.3) is 5.97 Å². The summed E-state index contributed by atoms with van der Waals surface area (Å²) in [5, 5.41) is 8.03. The van der Waals surface area contributed by atoms with Gasteiger partial charge in [-0.25, -0.2) is 14.4 Å². The molecule has 1 aliphatic rings. The number of aldehydes is 1. The van der Waals surface area contributed by atoms with Gasteiger partial charge in [0, 0.05) is 24.3 Å². The van der Waals surface area contributed by atoms with Crippen LogP contribution in [0, 0.1) is 5.82 Å². The van der Waals surface area contributed by atoms with E-state index in [4.69, 9.17) is 14.9 Å². The van der Waals surface area contributed by atoms with Crippen LogP contribution in [-0.4, -0.2) is 27.3 Å². The number of carboxylic acid groups (broad SMARTS) is 1. The lowest BCUT2D eigenvalue weighted by Gasteiger charge is -2.14. The van der Waals surface area contributed by atoms with Gasteiger partial charge in [-0.1, -0.05) is 47.7 Å². The summed E-state index contributed by atoms with van der Waals surface area (Å²) >= 11 is 1.41. The highest BCUT2D eigenvalue weighted by molar-refractivity contribution is 7.21. The number of halogens is 1. The summed E-state index contributed by atoms with van der Waals surface area (Å²) in [6.45, 7) is 1.08. The Labute approximate surface area is 188 Å². The van der Waals surface area contributed by atoms with E-state index in [9.17, 15) is 9.18 Å². The second-order valence-corrected chi connectivity index (χ2v) is 8.67. The molecule has 0 saturated heterocycles. The summed E-state index contributed by atoms with van der Waals surface area (Å²) in [6, 6.07) is 19.4. The minimum absolute atomic E-state index is 0.00132. The standard InChI is InChI=1S/C23H17FN2OS.C2H4O2/c24-18-14-15(10-13-27)6-7-17(18)21-25-19-8-9-20(26-22(19)28-21)23(11-12-23)16-4-2-1-3-5-16;1-2(3)4/h1-9,13-14H,10-12H2;1H3,(H,3,4). The maximum atomic E-state index is 14.5. The highest BCUT2D eigenvalue weighted by atomic mass is 32.1. The van der Waals surface area contributed by atoms with Gasteiger partial charge in [0.05, 0.1) is 5.69 Å². The molecular formula is C25H21FN2O3S. The number of hydrogen-bond acceptors (Lipinski definition) is 5. The van der Waals surface area contributed by atoms with Crippen LogP contribution in [0.2, 0.25) is 0 Å². The molecule has 0 unspecified atom stereocenters. The van der Waals surface area contributed by atoms with Crippen molar-refractivity contribution in [1.29, 1.82) is 0 Å². The number of thiazole rings is 1. The van der Waals surface area contributed by atoms with E-state index in [2.05, 4.69) is 35.3 Å². The number of fused-ring (bicyclic) bond motifs is 1. The molecule has 1 fully saturated rings. The molecule has 2 aromatic heterocycles. The monoisotopic (exact) mass is 448 g/mol. The number of pyridine rings is 1. The first-order valence-electron chi connectivity index (χ1n) is 10.2. The molecule has 0 bridgehead atoms. The van der Waals surface area contributed by atoms with Gasteiger partial charge in [0.15, 0.2) is 0 Å². The fourth-order valence-electron chi connectivity index (χ4n) is 3.73. The topological polar surface area (TPSA) is 80.1 Å². The Morgan fingerprint density at radius 2 is 1.84 bits per heavy atom. The summed E-state index contributed by atoms with van der Waals surface area (Å²) in [7, 11) is 0. The molecule has 1 aliphatic carbocycles. The molecule has 0 aliphatic heterocycles. The molecule has 2 heterocycles. The molecule has 5 nitrogen and oxygen atoms in total. The first-order valence-corrected chi connectivity index (χ1v) is 11.0. The number of carbonyl (C=O) groups is 2. The Morgan fingerprint density at radius 1 is 1.12 bits per heavy atom. The van der Waals surface area contributed by atoms with Gasteiger partial charge < -0.3 is 9.90 Å². The second-order valence-electron chi connectivity index (χ2n) is 7.69. The Morgan fingerprint density at radius 3 is 2.47 bits per heavy atom. The van der Waals surface area contributed by atoms with Crippen molar-refractivity contribution >= 4 is 33.9 Å². The van der Waals surface area contributed by atoms with Crippen LogP contribution in [0.4, 0.5) is 4.39 Å². The van der Waals surface area contributed by atoms with Crippen LogP contribution < -0.4 is 0 Å². The van der Waals surface area contributed by atoms with Crippen LogP contribution in [0.5, 0.6) is 0 Å². The third-order valence-corrected chi connectivity index (χ3v) is 6.40. The van der Waals surface area contributed by atoms with E-state index in [0.29, 0.717) is 16.1 Å². The smallest absolute Gasteiger partial charge is 0.300 e. The minimum atomic E-state index is -0.833. The molecule has 0 amide bonds. The minimum Gasteiger partial charge on any atom is -0.481 e. The fourth-order valence-corrected chi connectivity index (χ4v) is 4.69. The summed E-state index contributed by atoms with van der Waals surface area (Å²) in [5.74, 6) is -1.19. The highest BCUT2D eigenvalue weighted by Crippen LogP contribution is 2.53. The number of carboxylic acids is 1. The van der Waals surface area contributed by atoms with E-state index in [0.717, 1.165) is 42.1 Å². The molecule has 1 saturated carbocycles. The van der Waals surface area contributed by atoms with Gasteiger partial charge in [-0.05, 0) is 48.2 Å². The van der Waals surface area contributed by atoms with Crippen molar-refractivity contribution < 1.29 is 19.1 Å². The fraction of sp³-hybridized carbons (Fsp3) is 0.200. The largest absolute Gasteiger partial charge is 0.481 e. The van der Waals surface area contributed by atoms with Crippen molar-refractivity contribution in [2.24, 2.45) is 0 Å². The van der Waals surface area contributed by atoms with E-state index in [-0.39, 0.29) is 17.7 Å². The van der Waals surface area contributed by atoms with Crippen molar-refractivity contribution in [3.05, 3.63) is 83.3 Å². The maximum absolute atomic E-state index is 14.5. The van der Waals surface area contributed by atoms with Gasteiger partial charge in [-0.2, -0.15) is 0 Å². The summed E-state index contributed by atoms with van der Waals surface area (Å²) in [5.41, 5.74) is 4.25. The number of benzene rings is 2. The van der Waals surface area contributed by atoms with Gasteiger partial charge >= 0.3 is 0 Å². The number of nitrogens with zero attached hydrogens (tertiary/aromatic N) is 2. The van der Waals surface area contributed by atoms with Crippen molar-refractivity contribution in [1.82, 2.24) is 9.97 Å². The van der Waals surface area contributed by atoms with E-state index in [1.54, 1.807) is 12.1 Å². The normalized spacial score (nSPS) is 13.8. The molecule has 5 rings (SSSR count). The van der Waals surface area contributed by atoms with Crippen molar-refractivity contribution in [3.8, 4) is 10.6 Å². The van der Waals surface area contributed by atoms with E-state index in [1.807, 2.05) is 12.1 Å². The molecule has 162 valence electrons. The van der Waals surface area contributed by atoms with Crippen LogP contribution >= 0.6 is 11.3 Å². The Kier molecular flexibility index (Phi) is 6.10. The number of aromatic nitrogens is 2. The van der Waals surface area contributed by atoms with E-state index >= 15 is 0 Å². The van der Waals surface area contributed by atoms with Gasteiger partial charge in [-0.15, -0.1) is 0 Å². The van der Waals surface area contributed by atoms with Crippen LogP contribution in [0.15, 0.2) is 60.7 Å². The molecule has 1 N–H and O–H groups in total. The second kappa shape index (κ2) is 8.96. The van der Waals surface area contributed by atoms with E-state index in [1.165, 1.54) is 23.0 Å². The van der Waals surface area contributed by atoms with Gasteiger partial charge in [-0.3, -0.25) is 4.79 Å². The summed E-state index contributed by atoms with van der Waals surface area (Å²) in [4.78, 5) is 29.9. The molecule has 0 radical (unpaired) electrons. The predicted molar refractivity (Wildman–Crippen MR) is 122 cm³/mol. The van der Waals surface area contributed by atoms with Crippen LogP contribution in [0.1, 0.15) is 36.6 Å². The average Bonchev–Trinajstić information content (AvgIpc) is 3.47. The van der Waals surface area contributed by atoms with Gasteiger partial charge in [0.1, 0.15) is 27.5 Å².